The Morgan fingerprint density at radius 2 is 0.821 bits per heavy atom. The van der Waals surface area contributed by atoms with Crippen LogP contribution in [0.4, 0.5) is 0 Å². The van der Waals surface area contributed by atoms with E-state index in [9.17, 15) is 40.2 Å². The number of carbonyl (C=O) groups is 1. The summed E-state index contributed by atoms with van der Waals surface area (Å²) < 4.78 is 281. The summed E-state index contributed by atoms with van der Waals surface area (Å²) in [6.45, 7) is 12.4. The van der Waals surface area contributed by atoms with Crippen molar-refractivity contribution in [1.82, 2.24) is 5.32 Å². The minimum absolute atomic E-state index is 0. The molecule has 5 rings (SSSR count). The fourth-order valence-corrected chi connectivity index (χ4v) is 5.73. The zero-order valence-corrected chi connectivity index (χ0v) is 74.6. The van der Waals surface area contributed by atoms with Gasteiger partial charge in [0.05, 0.1) is 38.9 Å². The number of aliphatic hydroxyl groups is 6. The molecule has 5 fully saturated rings. The van der Waals surface area contributed by atoms with Gasteiger partial charge in [-0.05, 0) is 42.7 Å². The monoisotopic (exact) mass is 1620 g/mol. The molecule has 5 saturated heterocycles. The van der Waals surface area contributed by atoms with Gasteiger partial charge in [-0.25, -0.2) is 85.6 Å². The number of methoxy groups -OCH3 is 1. The van der Waals surface area contributed by atoms with Crippen LogP contribution in [-0.2, 0) is 130 Å². The Bertz CT molecular complexity index is 2430. The van der Waals surface area contributed by atoms with Gasteiger partial charge in [0.25, 0.3) is 0 Å². The Balaban J connectivity index is -0.000000113. The zero-order valence-electron chi connectivity index (χ0n) is 50.9. The van der Waals surface area contributed by atoms with Crippen molar-refractivity contribution in [2.24, 2.45) is 0 Å². The van der Waals surface area contributed by atoms with Gasteiger partial charge in [0.1, 0.15) is 18.5 Å². The number of aliphatic hydroxyl groups excluding tert-OH is 6. The van der Waals surface area contributed by atoms with E-state index >= 15 is 0 Å². The molecule has 17 N–H and O–H groups in total. The van der Waals surface area contributed by atoms with E-state index in [2.05, 4.69) is 26.1 Å². The summed E-state index contributed by atoms with van der Waals surface area (Å²) in [6.07, 6.45) is -17.2. The maximum Gasteiger partial charge on any atom is 1.00 e. The molecule has 5 aliphatic heterocycles. The quantitative estimate of drug-likeness (QED) is 0.0284. The smallest absolute Gasteiger partial charge is 0.870 e. The van der Waals surface area contributed by atoms with Crippen LogP contribution in [0.2, 0.25) is 0 Å². The van der Waals surface area contributed by atoms with Gasteiger partial charge in [-0.3, -0.25) is 34.0 Å². The summed E-state index contributed by atoms with van der Waals surface area (Å²) >= 11 is 0. The predicted octanol–water partition coefficient (Wildman–Crippen LogP) is -37.5. The minimum atomic E-state index is -4.92. The van der Waals surface area contributed by atoms with Crippen LogP contribution in [0.1, 0.15) is 0 Å². The summed E-state index contributed by atoms with van der Waals surface area (Å²) in [5, 5.41) is 65.1. The molecule has 95 heavy (non-hydrogen) atoms. The summed E-state index contributed by atoms with van der Waals surface area (Å²) in [7, 11) is -32.0. The van der Waals surface area contributed by atoms with Gasteiger partial charge in [-0.15, -0.1) is 0 Å². The van der Waals surface area contributed by atoms with Crippen molar-refractivity contribution in [2.45, 2.75) is 123 Å². The van der Waals surface area contributed by atoms with E-state index in [4.69, 9.17) is 171 Å². The van der Waals surface area contributed by atoms with Gasteiger partial charge in [0.15, 0.2) is 6.29 Å². The summed E-state index contributed by atoms with van der Waals surface area (Å²) in [5.41, 5.74) is 0. The average molecular weight is 1620 g/mol. The second kappa shape index (κ2) is 62.2. The SMILES string of the molecule is N=S(=O)([O-])O.N=S(=O)([O-])O.O=S(=O)([O-])O.O=S(=O)([O-])O.O=S(=O)([O-])O.O=S(=O)([O-])O.O=S(=O)([O-])O.[CH2-]C1O[C@@H](O[C@H]2[CH-]O[C@@H](O[C@H]3C([CH2-])O[C@@H](OC)[CH-][C@H]3O)[CH-][C@H]2O)C(NC=O)[CH-][C@H]1O[C@@H]1O[C@@H]([C-]=O)[C@H](O[C@H]2[CH-][C@@H](O)[C@@H](O)[C@H]([CH2-])O2)[C@H](O)C1O.[Na+].[Na+].[Na+].[Na+].[Na+].[Na+].[Na+].[Na+].[Na+].[OH-]. The molecule has 0 radical (unpaired) electrons. The third-order valence-electron chi connectivity index (χ3n) is 8.48. The molecule has 48 nitrogen and oxygen atoms in total. The maximum absolute atomic E-state index is 11.8. The molecule has 0 aliphatic carbocycles. The van der Waals surface area contributed by atoms with Crippen molar-refractivity contribution >= 4 is 85.3 Å². The maximum atomic E-state index is 11.8. The first kappa shape index (κ1) is 131. The average Bonchev–Trinajstić information content (AvgIpc) is 3.25. The van der Waals surface area contributed by atoms with E-state index in [1.54, 1.807) is 6.29 Å². The third-order valence-corrected chi connectivity index (χ3v) is 8.48. The van der Waals surface area contributed by atoms with Crippen LogP contribution in [0.25, 0.3) is 0 Å². The van der Waals surface area contributed by atoms with E-state index in [0.29, 0.717) is 6.41 Å². The molecule has 6 unspecified atom stereocenters. The van der Waals surface area contributed by atoms with E-state index < -0.39 is 196 Å². The first-order valence-corrected chi connectivity index (χ1v) is 30.2. The number of nitrogens with one attached hydrogen (secondary N) is 3. The largest absolute Gasteiger partial charge is 1.00 e. The molecule has 22 atom stereocenters. The molecule has 5 heterocycles. The van der Waals surface area contributed by atoms with Gasteiger partial charge in [-0.1, -0.05) is 18.3 Å². The zero-order chi connectivity index (χ0) is 67.8. The van der Waals surface area contributed by atoms with Crippen molar-refractivity contribution < 1.29 is 473 Å². The van der Waals surface area contributed by atoms with E-state index in [1.165, 1.54) is 26.4 Å². The van der Waals surface area contributed by atoms with Crippen molar-refractivity contribution in [2.75, 3.05) is 7.11 Å². The Morgan fingerprint density at radius 3 is 1.16 bits per heavy atom. The number of ether oxygens (including phenoxy) is 10. The minimum Gasteiger partial charge on any atom is -0.870 e. The molecular formula is C31H52N3Na9O45S7-8. The molecule has 0 spiro atoms. The van der Waals surface area contributed by atoms with E-state index in [1.807, 2.05) is 0 Å². The molecule has 64 heteroatoms. The van der Waals surface area contributed by atoms with Gasteiger partial charge in [0, 0.05) is 26.0 Å². The number of amides is 1. The Hall–Kier alpha value is 6.55. The van der Waals surface area contributed by atoms with Gasteiger partial charge in [-0.2, -0.15) is 6.61 Å². The molecule has 520 valence electrons. The first-order valence-electron chi connectivity index (χ1n) is 20.5. The second-order valence-electron chi connectivity index (χ2n) is 15.1. The number of hydrogen-bond acceptors (Lipinski definition) is 40. The molecule has 0 bridgehead atoms. The Labute approximate surface area is 744 Å². The van der Waals surface area contributed by atoms with Crippen LogP contribution in [0, 0.1) is 62.6 Å². The molecule has 0 aromatic rings. The Morgan fingerprint density at radius 1 is 0.474 bits per heavy atom. The molecular weight excluding hydrogens is 1570 g/mol. The third kappa shape index (κ3) is 79.9. The van der Waals surface area contributed by atoms with Gasteiger partial charge >= 0.3 is 266 Å². The van der Waals surface area contributed by atoms with Crippen molar-refractivity contribution in [3.63, 3.8) is 0 Å². The van der Waals surface area contributed by atoms with Gasteiger partial charge in [0.2, 0.25) is 58.4 Å². The number of rotatable bonds is 12. The fraction of sp³-hybridized carbons (Fsp3) is 0.677. The number of carbonyl (C=O) groups excluding carboxylic acids is 2. The van der Waals surface area contributed by atoms with Crippen LogP contribution in [0.15, 0.2) is 0 Å². The fourth-order valence-electron chi connectivity index (χ4n) is 5.73. The van der Waals surface area contributed by atoms with E-state index in [0.717, 1.165) is 13.0 Å². The Kier molecular flexibility index (Phi) is 85.8. The molecule has 1 amide bonds. The molecule has 0 aromatic carbocycles. The second-order valence-corrected chi connectivity index (χ2v) is 21.2. The molecule has 0 aromatic heterocycles. The van der Waals surface area contributed by atoms with Crippen molar-refractivity contribution in [3.8, 4) is 0 Å². The van der Waals surface area contributed by atoms with Crippen molar-refractivity contribution in [1.29, 1.82) is 9.56 Å². The van der Waals surface area contributed by atoms with Crippen LogP contribution in [-0.4, -0.2) is 293 Å². The van der Waals surface area contributed by atoms with Crippen LogP contribution >= 0.6 is 0 Å². The first-order chi connectivity index (χ1) is 37.8. The molecule has 5 aliphatic rings. The van der Waals surface area contributed by atoms with Crippen molar-refractivity contribution in [3.05, 3.63) is 53.1 Å². The summed E-state index contributed by atoms with van der Waals surface area (Å²) in [6, 6.07) is -1.03. The molecule has 0 saturated carbocycles. The summed E-state index contributed by atoms with van der Waals surface area (Å²) in [4.78, 5) is 23.3. The summed E-state index contributed by atoms with van der Waals surface area (Å²) in [5.74, 6) is 0. The van der Waals surface area contributed by atoms with Crippen LogP contribution in [0.3, 0.4) is 0 Å². The van der Waals surface area contributed by atoms with Gasteiger partial charge < -0.3 is 155 Å². The standard InChI is InChI=1S/C31H42NO18.2H3NO3S.9Na.5H2O4S.H2O/c1-12-19(46-31-27(40)26(39)29(20(9-33)47-31)50-24-7-17(36)25(38)13(2)43-24)5-15(32-11-34)30(45-12)48-21-10-42-23(6-16(21)35)49-28-14(3)44-22(41-4)8-18(28)37;2*1-5(2,3)4;;;;;;;;;;5*1-5(2,3)4;/h5-8,10-31,35-40H,1-3H2,4H3,(H,32,34);2*(H3,1,2,3,4);;;;;;;;;;5*(H2,1,2,3,4);1H2/q-9;;;9*+1;;;;;;/p-8/t12?,13-,14?,15?,16+,17+,18+,19+,20-,21-,22+,23-,24-,25-,26+,27?,28-,29-,30-,31+;;;;;;;;;;;;;;;;;/m0................./s1. The topological polar surface area (TPSA) is 845 Å². The predicted molar refractivity (Wildman–Crippen MR) is 250 cm³/mol. The normalized spacial score (nSPS) is 31.8. The number of hydrogen-bond donors (Lipinski definition) is 16. The van der Waals surface area contributed by atoms with Crippen LogP contribution < -0.4 is 271 Å². The van der Waals surface area contributed by atoms with Crippen LogP contribution in [0.5, 0.6) is 0 Å². The van der Waals surface area contributed by atoms with E-state index in [-0.39, 0.29) is 271 Å².